The maximum Gasteiger partial charge on any atom is 0.244 e. The zero-order valence-corrected chi connectivity index (χ0v) is 14.4. The third-order valence-electron chi connectivity index (χ3n) is 4.98. The molecule has 126 valence electrons. The van der Waals surface area contributed by atoms with Gasteiger partial charge in [0.15, 0.2) is 0 Å². The van der Waals surface area contributed by atoms with Gasteiger partial charge >= 0.3 is 0 Å². The van der Waals surface area contributed by atoms with Gasteiger partial charge in [-0.2, -0.15) is 4.31 Å². The van der Waals surface area contributed by atoms with Crippen LogP contribution in [0.3, 0.4) is 0 Å². The molecule has 0 N–H and O–H groups in total. The van der Waals surface area contributed by atoms with Crippen LogP contribution < -0.4 is 0 Å². The number of piperidine rings is 1. The van der Waals surface area contributed by atoms with Crippen molar-refractivity contribution in [2.75, 3.05) is 19.6 Å². The number of hydrogen-bond acceptors (Lipinski definition) is 4. The Kier molecular flexibility index (Phi) is 4.18. The molecule has 7 heteroatoms. The number of carbonyl (C=O) groups is 1. The first-order valence-corrected chi connectivity index (χ1v) is 9.52. The van der Waals surface area contributed by atoms with Gasteiger partial charge < -0.3 is 4.90 Å². The summed E-state index contributed by atoms with van der Waals surface area (Å²) >= 11 is 0. The number of amides is 1. The predicted octanol–water partition coefficient (Wildman–Crippen LogP) is 1.49. The molecule has 6 nitrogen and oxygen atoms in total. The Morgan fingerprint density at radius 1 is 1.26 bits per heavy atom. The minimum Gasteiger partial charge on any atom is -0.340 e. The number of likely N-dealkylation sites (tertiary alicyclic amines) is 1. The number of pyridine rings is 1. The first-order chi connectivity index (χ1) is 10.9. The van der Waals surface area contributed by atoms with E-state index in [1.807, 2.05) is 18.7 Å². The van der Waals surface area contributed by atoms with E-state index in [2.05, 4.69) is 4.98 Å². The molecule has 2 aliphatic rings. The van der Waals surface area contributed by atoms with Gasteiger partial charge in [0, 0.05) is 38.1 Å². The second kappa shape index (κ2) is 5.87. The van der Waals surface area contributed by atoms with E-state index < -0.39 is 15.4 Å². The van der Waals surface area contributed by atoms with Crippen LogP contribution in [-0.2, 0) is 14.8 Å². The van der Waals surface area contributed by atoms with Gasteiger partial charge in [-0.3, -0.25) is 9.78 Å². The zero-order chi connectivity index (χ0) is 16.7. The molecule has 2 aliphatic heterocycles. The highest BCUT2D eigenvalue weighted by molar-refractivity contribution is 7.89. The fourth-order valence-corrected chi connectivity index (χ4v) is 5.15. The second-order valence-electron chi connectivity index (χ2n) is 6.75. The summed E-state index contributed by atoms with van der Waals surface area (Å²) in [5, 5.41) is 0. The third-order valence-corrected chi connectivity index (χ3v) is 6.81. The van der Waals surface area contributed by atoms with E-state index in [-0.39, 0.29) is 23.4 Å². The summed E-state index contributed by atoms with van der Waals surface area (Å²) < 4.78 is 26.9. The monoisotopic (exact) mass is 337 g/mol. The normalized spacial score (nSPS) is 26.4. The van der Waals surface area contributed by atoms with Crippen molar-refractivity contribution in [3.63, 3.8) is 0 Å². The zero-order valence-electron chi connectivity index (χ0n) is 13.6. The second-order valence-corrected chi connectivity index (χ2v) is 8.69. The van der Waals surface area contributed by atoms with Crippen LogP contribution in [-0.4, -0.2) is 54.2 Å². The Morgan fingerprint density at radius 3 is 2.70 bits per heavy atom. The van der Waals surface area contributed by atoms with Crippen molar-refractivity contribution in [2.24, 2.45) is 5.41 Å². The Labute approximate surface area is 137 Å². The van der Waals surface area contributed by atoms with E-state index in [1.54, 1.807) is 18.3 Å². The van der Waals surface area contributed by atoms with Gasteiger partial charge in [0.25, 0.3) is 0 Å². The van der Waals surface area contributed by atoms with Crippen LogP contribution in [0.25, 0.3) is 0 Å². The molecular weight excluding hydrogens is 314 g/mol. The van der Waals surface area contributed by atoms with E-state index >= 15 is 0 Å². The van der Waals surface area contributed by atoms with Gasteiger partial charge in [-0.25, -0.2) is 8.42 Å². The SMILES string of the molecule is CC(C)N1CCC[C@@]2(CCN(S(=O)(=O)c3cccnc3)C2)C1=O. The molecule has 23 heavy (non-hydrogen) atoms. The molecule has 0 bridgehead atoms. The van der Waals surface area contributed by atoms with Gasteiger partial charge in [-0.15, -0.1) is 0 Å². The summed E-state index contributed by atoms with van der Waals surface area (Å²) in [4.78, 5) is 18.9. The Bertz CT molecular complexity index is 690. The van der Waals surface area contributed by atoms with Crippen molar-refractivity contribution >= 4 is 15.9 Å². The quantitative estimate of drug-likeness (QED) is 0.838. The average Bonchev–Trinajstić information content (AvgIpc) is 2.97. The van der Waals surface area contributed by atoms with Crippen LogP contribution in [0.15, 0.2) is 29.4 Å². The minimum absolute atomic E-state index is 0.114. The summed E-state index contributed by atoms with van der Waals surface area (Å²) in [6.07, 6.45) is 5.23. The number of carbonyl (C=O) groups excluding carboxylic acids is 1. The third kappa shape index (κ3) is 2.76. The van der Waals surface area contributed by atoms with Crippen molar-refractivity contribution in [3.05, 3.63) is 24.5 Å². The van der Waals surface area contributed by atoms with Gasteiger partial charge in [-0.05, 0) is 45.2 Å². The van der Waals surface area contributed by atoms with Crippen molar-refractivity contribution in [2.45, 2.75) is 44.0 Å². The lowest BCUT2D eigenvalue weighted by atomic mass is 9.78. The standard InChI is InChI=1S/C16H23N3O3S/c1-13(2)19-9-4-6-16(15(19)20)7-10-18(12-16)23(21,22)14-5-3-8-17-11-14/h3,5,8,11,13H,4,6-7,9-10,12H2,1-2H3/t16-/m0/s1. The van der Waals surface area contributed by atoms with Crippen LogP contribution in [0.4, 0.5) is 0 Å². The molecule has 2 fully saturated rings. The van der Waals surface area contributed by atoms with E-state index in [9.17, 15) is 13.2 Å². The summed E-state index contributed by atoms with van der Waals surface area (Å²) in [7, 11) is -3.58. The Hall–Kier alpha value is -1.47. The molecule has 1 aromatic rings. The largest absolute Gasteiger partial charge is 0.340 e. The molecule has 1 atom stereocenters. The van der Waals surface area contributed by atoms with Crippen molar-refractivity contribution in [1.29, 1.82) is 0 Å². The molecule has 1 amide bonds. The highest BCUT2D eigenvalue weighted by Gasteiger charge is 2.51. The maximum atomic E-state index is 12.9. The molecule has 3 heterocycles. The summed E-state index contributed by atoms with van der Waals surface area (Å²) in [5.41, 5.74) is -0.544. The van der Waals surface area contributed by atoms with Gasteiger partial charge in [0.05, 0.1) is 5.41 Å². The maximum absolute atomic E-state index is 12.9. The topological polar surface area (TPSA) is 70.6 Å². The van der Waals surface area contributed by atoms with Crippen molar-refractivity contribution in [3.8, 4) is 0 Å². The van der Waals surface area contributed by atoms with Crippen LogP contribution in [0.1, 0.15) is 33.1 Å². The number of aromatic nitrogens is 1. The van der Waals surface area contributed by atoms with Crippen LogP contribution >= 0.6 is 0 Å². The molecule has 2 saturated heterocycles. The predicted molar refractivity (Wildman–Crippen MR) is 86.1 cm³/mol. The highest BCUT2D eigenvalue weighted by atomic mass is 32.2. The van der Waals surface area contributed by atoms with Crippen molar-refractivity contribution in [1.82, 2.24) is 14.2 Å². The van der Waals surface area contributed by atoms with Gasteiger partial charge in [0.1, 0.15) is 4.90 Å². The lowest BCUT2D eigenvalue weighted by molar-refractivity contribution is -0.147. The molecule has 1 aromatic heterocycles. The Morgan fingerprint density at radius 2 is 2.04 bits per heavy atom. The number of rotatable bonds is 3. The van der Waals surface area contributed by atoms with Crippen molar-refractivity contribution < 1.29 is 13.2 Å². The average molecular weight is 337 g/mol. The molecule has 1 spiro atoms. The van der Waals surface area contributed by atoms with Gasteiger partial charge in [0.2, 0.25) is 15.9 Å². The summed E-state index contributed by atoms with van der Waals surface area (Å²) in [6, 6.07) is 3.32. The van der Waals surface area contributed by atoms with Crippen LogP contribution in [0.2, 0.25) is 0 Å². The summed E-state index contributed by atoms with van der Waals surface area (Å²) in [6.45, 7) is 5.47. The fraction of sp³-hybridized carbons (Fsp3) is 0.625. The number of sulfonamides is 1. The minimum atomic E-state index is -3.58. The molecular formula is C16H23N3O3S. The first kappa shape index (κ1) is 16.4. The lowest BCUT2D eigenvalue weighted by Gasteiger charge is -2.41. The van der Waals surface area contributed by atoms with E-state index in [4.69, 9.17) is 0 Å². The van der Waals surface area contributed by atoms with E-state index in [1.165, 1.54) is 10.5 Å². The Balaban J connectivity index is 1.84. The molecule has 0 unspecified atom stereocenters. The molecule has 0 aliphatic carbocycles. The molecule has 3 rings (SSSR count). The first-order valence-electron chi connectivity index (χ1n) is 8.08. The highest BCUT2D eigenvalue weighted by Crippen LogP contribution is 2.42. The number of nitrogens with zero attached hydrogens (tertiary/aromatic N) is 3. The van der Waals surface area contributed by atoms with E-state index in [0.29, 0.717) is 13.0 Å². The fourth-order valence-electron chi connectivity index (χ4n) is 3.66. The van der Waals surface area contributed by atoms with Crippen LogP contribution in [0, 0.1) is 5.41 Å². The number of hydrogen-bond donors (Lipinski definition) is 0. The lowest BCUT2D eigenvalue weighted by Crippen LogP contribution is -2.52. The molecule has 0 saturated carbocycles. The molecule has 0 aromatic carbocycles. The van der Waals surface area contributed by atoms with Gasteiger partial charge in [-0.1, -0.05) is 0 Å². The van der Waals surface area contributed by atoms with E-state index in [0.717, 1.165) is 19.4 Å². The smallest absolute Gasteiger partial charge is 0.244 e. The van der Waals surface area contributed by atoms with Crippen LogP contribution in [0.5, 0.6) is 0 Å². The summed E-state index contributed by atoms with van der Waals surface area (Å²) in [5.74, 6) is 0.114. The molecule has 0 radical (unpaired) electrons.